The number of hydrogen-bond acceptors (Lipinski definition) is 5. The SMILES string of the molecule is Nc1cc(-c2cc(O)cc3c2OCO3)[nH]n1. The van der Waals surface area contributed by atoms with Gasteiger partial charge in [0.25, 0.3) is 0 Å². The van der Waals surface area contributed by atoms with E-state index in [1.165, 1.54) is 6.07 Å². The van der Waals surface area contributed by atoms with E-state index in [9.17, 15) is 5.11 Å². The first-order valence-corrected chi connectivity index (χ1v) is 4.68. The Bertz CT molecular complexity index is 550. The van der Waals surface area contributed by atoms with Crippen molar-refractivity contribution in [2.24, 2.45) is 0 Å². The van der Waals surface area contributed by atoms with Crippen LogP contribution in [0.2, 0.25) is 0 Å². The number of nitrogens with one attached hydrogen (secondary N) is 1. The van der Waals surface area contributed by atoms with Crippen molar-refractivity contribution in [3.8, 4) is 28.5 Å². The number of nitrogens with zero attached hydrogens (tertiary/aromatic N) is 1. The van der Waals surface area contributed by atoms with Gasteiger partial charge in [0.1, 0.15) is 11.6 Å². The predicted octanol–water partition coefficient (Wildman–Crippen LogP) is 1.09. The average molecular weight is 219 g/mol. The molecule has 6 heteroatoms. The van der Waals surface area contributed by atoms with E-state index in [2.05, 4.69) is 10.2 Å². The molecule has 0 radical (unpaired) electrons. The van der Waals surface area contributed by atoms with Gasteiger partial charge >= 0.3 is 0 Å². The number of phenols is 1. The first-order valence-electron chi connectivity index (χ1n) is 4.68. The van der Waals surface area contributed by atoms with E-state index in [0.717, 1.165) is 0 Å². The van der Waals surface area contributed by atoms with Crippen molar-refractivity contribution in [1.82, 2.24) is 10.2 Å². The molecular weight excluding hydrogens is 210 g/mol. The van der Waals surface area contributed by atoms with Crippen molar-refractivity contribution in [1.29, 1.82) is 0 Å². The van der Waals surface area contributed by atoms with Crippen molar-refractivity contribution >= 4 is 5.82 Å². The molecule has 1 aliphatic rings. The lowest BCUT2D eigenvalue weighted by atomic mass is 10.1. The van der Waals surface area contributed by atoms with Gasteiger partial charge in [-0.25, -0.2) is 0 Å². The third-order valence-corrected chi connectivity index (χ3v) is 2.35. The fourth-order valence-corrected chi connectivity index (χ4v) is 1.67. The molecule has 1 aliphatic heterocycles. The van der Waals surface area contributed by atoms with Crippen molar-refractivity contribution < 1.29 is 14.6 Å². The van der Waals surface area contributed by atoms with Gasteiger partial charge in [-0.1, -0.05) is 0 Å². The number of rotatable bonds is 1. The number of anilines is 1. The van der Waals surface area contributed by atoms with Crippen LogP contribution in [0.1, 0.15) is 0 Å². The van der Waals surface area contributed by atoms with E-state index < -0.39 is 0 Å². The number of hydrogen-bond donors (Lipinski definition) is 3. The van der Waals surface area contributed by atoms with Crippen LogP contribution in [0.4, 0.5) is 5.82 Å². The van der Waals surface area contributed by atoms with Gasteiger partial charge in [0.05, 0.1) is 5.69 Å². The van der Waals surface area contributed by atoms with Crippen LogP contribution in [0.5, 0.6) is 17.2 Å². The Morgan fingerprint density at radius 1 is 1.31 bits per heavy atom. The quantitative estimate of drug-likeness (QED) is 0.667. The van der Waals surface area contributed by atoms with Crippen LogP contribution >= 0.6 is 0 Å². The molecule has 0 fully saturated rings. The van der Waals surface area contributed by atoms with Gasteiger partial charge in [0, 0.05) is 17.7 Å². The molecule has 2 aromatic rings. The molecule has 6 nitrogen and oxygen atoms in total. The normalized spacial score (nSPS) is 13.0. The Kier molecular flexibility index (Phi) is 1.70. The first kappa shape index (κ1) is 8.90. The Labute approximate surface area is 90.6 Å². The van der Waals surface area contributed by atoms with Crippen LogP contribution in [-0.4, -0.2) is 22.1 Å². The summed E-state index contributed by atoms with van der Waals surface area (Å²) in [7, 11) is 0. The summed E-state index contributed by atoms with van der Waals surface area (Å²) in [6.45, 7) is 0.148. The van der Waals surface area contributed by atoms with Gasteiger partial charge in [-0.15, -0.1) is 0 Å². The molecular formula is C10H9N3O3. The minimum absolute atomic E-state index is 0.104. The number of aromatic hydroxyl groups is 1. The Hall–Kier alpha value is -2.37. The zero-order valence-corrected chi connectivity index (χ0v) is 8.23. The molecule has 0 aliphatic carbocycles. The maximum atomic E-state index is 9.54. The van der Waals surface area contributed by atoms with E-state index in [1.54, 1.807) is 12.1 Å². The number of nitrogens with two attached hydrogens (primary N) is 1. The topological polar surface area (TPSA) is 93.4 Å². The molecule has 0 spiro atoms. The van der Waals surface area contributed by atoms with Crippen LogP contribution in [0, 0.1) is 0 Å². The fourth-order valence-electron chi connectivity index (χ4n) is 1.67. The van der Waals surface area contributed by atoms with Crippen LogP contribution < -0.4 is 15.2 Å². The molecule has 0 unspecified atom stereocenters. The summed E-state index contributed by atoms with van der Waals surface area (Å²) in [6.07, 6.45) is 0. The summed E-state index contributed by atoms with van der Waals surface area (Å²) < 4.78 is 10.5. The molecule has 4 N–H and O–H groups in total. The molecule has 3 rings (SSSR count). The standard InChI is InChI=1S/C10H9N3O3/c11-9-3-7(12-13-9)6-1-5(14)2-8-10(6)16-4-15-8/h1-3,14H,4H2,(H3,11,12,13). The van der Waals surface area contributed by atoms with Gasteiger partial charge in [0.15, 0.2) is 11.5 Å². The largest absolute Gasteiger partial charge is 0.508 e. The monoisotopic (exact) mass is 219 g/mol. The van der Waals surface area contributed by atoms with Crippen LogP contribution in [0.25, 0.3) is 11.3 Å². The van der Waals surface area contributed by atoms with Crippen LogP contribution in [0.3, 0.4) is 0 Å². The molecule has 82 valence electrons. The second-order valence-corrected chi connectivity index (χ2v) is 3.43. The molecule has 2 heterocycles. The summed E-state index contributed by atoms with van der Waals surface area (Å²) in [5, 5.41) is 16.1. The van der Waals surface area contributed by atoms with E-state index in [4.69, 9.17) is 15.2 Å². The maximum Gasteiger partial charge on any atom is 0.231 e. The molecule has 0 amide bonds. The highest BCUT2D eigenvalue weighted by atomic mass is 16.7. The molecule has 0 saturated heterocycles. The zero-order valence-electron chi connectivity index (χ0n) is 8.23. The molecule has 0 saturated carbocycles. The number of phenolic OH excluding ortho intramolecular Hbond substituents is 1. The fraction of sp³-hybridized carbons (Fsp3) is 0.100. The Balaban J connectivity index is 2.20. The average Bonchev–Trinajstić information content (AvgIpc) is 2.84. The number of aromatic nitrogens is 2. The van der Waals surface area contributed by atoms with Crippen molar-refractivity contribution in [3.05, 3.63) is 18.2 Å². The minimum Gasteiger partial charge on any atom is -0.508 e. The number of aromatic amines is 1. The highest BCUT2D eigenvalue weighted by Crippen LogP contribution is 2.43. The number of benzene rings is 1. The van der Waals surface area contributed by atoms with Gasteiger partial charge in [-0.05, 0) is 6.07 Å². The van der Waals surface area contributed by atoms with Crippen molar-refractivity contribution in [2.45, 2.75) is 0 Å². The molecule has 1 aromatic heterocycles. The second-order valence-electron chi connectivity index (χ2n) is 3.43. The Morgan fingerprint density at radius 2 is 2.19 bits per heavy atom. The number of nitrogen functional groups attached to an aromatic ring is 1. The van der Waals surface area contributed by atoms with E-state index in [0.29, 0.717) is 28.6 Å². The highest BCUT2D eigenvalue weighted by Gasteiger charge is 2.21. The van der Waals surface area contributed by atoms with Crippen molar-refractivity contribution in [2.75, 3.05) is 12.5 Å². The van der Waals surface area contributed by atoms with Gasteiger partial charge < -0.3 is 20.3 Å². The first-order chi connectivity index (χ1) is 7.74. The Morgan fingerprint density at radius 3 is 2.94 bits per heavy atom. The molecule has 1 aromatic carbocycles. The number of fused-ring (bicyclic) bond motifs is 1. The molecule has 0 atom stereocenters. The summed E-state index contributed by atoms with van der Waals surface area (Å²) >= 11 is 0. The lowest BCUT2D eigenvalue weighted by molar-refractivity contribution is 0.174. The van der Waals surface area contributed by atoms with Gasteiger partial charge in [-0.2, -0.15) is 5.10 Å². The summed E-state index contributed by atoms with van der Waals surface area (Å²) in [4.78, 5) is 0. The molecule has 16 heavy (non-hydrogen) atoms. The second kappa shape index (κ2) is 3.06. The third kappa shape index (κ3) is 1.23. The zero-order chi connectivity index (χ0) is 11.1. The van der Waals surface area contributed by atoms with Gasteiger partial charge in [-0.3, -0.25) is 5.10 Å². The summed E-state index contributed by atoms with van der Waals surface area (Å²) in [6, 6.07) is 4.74. The lowest BCUT2D eigenvalue weighted by Crippen LogP contribution is -1.93. The summed E-state index contributed by atoms with van der Waals surface area (Å²) in [5.41, 5.74) is 6.88. The lowest BCUT2D eigenvalue weighted by Gasteiger charge is -2.04. The van der Waals surface area contributed by atoms with Crippen LogP contribution in [-0.2, 0) is 0 Å². The van der Waals surface area contributed by atoms with E-state index in [1.807, 2.05) is 0 Å². The minimum atomic E-state index is 0.104. The van der Waals surface area contributed by atoms with E-state index >= 15 is 0 Å². The van der Waals surface area contributed by atoms with Crippen LogP contribution in [0.15, 0.2) is 18.2 Å². The highest BCUT2D eigenvalue weighted by molar-refractivity contribution is 5.74. The van der Waals surface area contributed by atoms with Crippen molar-refractivity contribution in [3.63, 3.8) is 0 Å². The van der Waals surface area contributed by atoms with Gasteiger partial charge in [0.2, 0.25) is 6.79 Å². The predicted molar refractivity (Wildman–Crippen MR) is 56.2 cm³/mol. The maximum absolute atomic E-state index is 9.54. The van der Waals surface area contributed by atoms with E-state index in [-0.39, 0.29) is 12.5 Å². The number of H-pyrrole nitrogens is 1. The molecule has 0 bridgehead atoms. The smallest absolute Gasteiger partial charge is 0.231 e. The summed E-state index contributed by atoms with van der Waals surface area (Å²) in [5.74, 6) is 1.59. The third-order valence-electron chi connectivity index (χ3n) is 2.35. The number of ether oxygens (including phenoxy) is 2.